The van der Waals surface area contributed by atoms with Crippen molar-refractivity contribution in [3.05, 3.63) is 121 Å². The van der Waals surface area contributed by atoms with E-state index < -0.39 is 101 Å². The smallest absolute Gasteiger partial charge is 0.265 e. The maximum Gasteiger partial charge on any atom is 0.265 e. The fourth-order valence-electron chi connectivity index (χ4n) is 10.2. The van der Waals surface area contributed by atoms with E-state index in [1.165, 1.54) is 86.3 Å². The molecule has 95 heavy (non-hydrogen) atoms. The number of fused-ring (bicyclic) bond motifs is 5. The van der Waals surface area contributed by atoms with E-state index in [4.69, 9.17) is 28.4 Å². The molecule has 0 spiro atoms. The van der Waals surface area contributed by atoms with Crippen LogP contribution in [0.2, 0.25) is 0 Å². The number of sulfonamides is 3. The molecule has 30 nitrogen and oxygen atoms in total. The highest BCUT2D eigenvalue weighted by Crippen LogP contribution is 2.46. The topological polar surface area (TPSA) is 367 Å². The summed E-state index contributed by atoms with van der Waals surface area (Å²) in [7, 11) is -1.66. The fraction of sp³-hybridized carbons (Fsp3) is 0.339. The minimum atomic E-state index is -3.82. The first-order chi connectivity index (χ1) is 44.7. The molecular weight excluding hydrogens is 1360 g/mol. The second-order valence-corrected chi connectivity index (χ2v) is 31.2. The predicted molar refractivity (Wildman–Crippen MR) is 347 cm³/mol. The van der Waals surface area contributed by atoms with Crippen LogP contribution in [-0.2, 0) is 44.5 Å². The molecule has 3 atom stereocenters. The summed E-state index contributed by atoms with van der Waals surface area (Å²) in [5.41, 5.74) is 1.79. The van der Waals surface area contributed by atoms with Crippen LogP contribution in [0.1, 0.15) is 125 Å². The molecule has 3 N–H and O–H groups in total. The summed E-state index contributed by atoms with van der Waals surface area (Å²) in [5.74, 6) is -4.02. The molecule has 506 valence electrons. The first-order valence-electron chi connectivity index (χ1n) is 28.3. The average molecular weight is 1430 g/mol. The molecule has 3 aromatic carbocycles. The van der Waals surface area contributed by atoms with Gasteiger partial charge < -0.3 is 44.4 Å². The molecule has 5 aliphatic heterocycles. The van der Waals surface area contributed by atoms with Crippen LogP contribution in [0.15, 0.2) is 70.7 Å². The number of benzene rings is 3. The highest BCUT2D eigenvalue weighted by atomic mass is 32.2. The number of ether oxygens (including phenoxy) is 6. The van der Waals surface area contributed by atoms with Gasteiger partial charge in [0.25, 0.3) is 35.4 Å². The maximum atomic E-state index is 13.4. The van der Waals surface area contributed by atoms with Gasteiger partial charge in [0.05, 0.1) is 82.5 Å². The first-order valence-corrected chi connectivity index (χ1v) is 35.8. The normalized spacial score (nSPS) is 15.5. The Bertz CT molecular complexity index is 4320. The molecule has 0 radical (unpaired) electrons. The molecule has 0 saturated carbocycles. The zero-order chi connectivity index (χ0) is 69.5. The van der Waals surface area contributed by atoms with Crippen molar-refractivity contribution in [2.75, 3.05) is 103 Å². The van der Waals surface area contributed by atoms with Crippen molar-refractivity contribution in [3.8, 4) is 34.5 Å². The van der Waals surface area contributed by atoms with E-state index in [-0.39, 0.29) is 79.7 Å². The van der Waals surface area contributed by atoms with E-state index in [1.807, 2.05) is 0 Å². The number of methoxy groups -OCH3 is 1. The van der Waals surface area contributed by atoms with Gasteiger partial charge in [0.1, 0.15) is 15.0 Å². The lowest BCUT2D eigenvalue weighted by atomic mass is 10.1. The minimum Gasteiger partial charge on any atom is -0.493 e. The number of anilines is 3. The standard InChI is InChI=1S/C21H25N3O7S2.2C19H19N3O7S2/c1-6-31-17-9-13(7-8-16(17)30-5)15(11-33(28,29)23(3)4)24-20(26)14-10-32-19(22-12(2)25)18(14)21(24)27;2*1-10(23)20-17-16-12(7-30-17)18(24)22(19(16)25)13(8-31(26,27)21(2)3)11-4-5-14-15(6-11)29-9-28-14/h7-10,15H,6,11H2,1-5H3,(H,22,25);2*4-7,13H,8-9H2,1-3H3,(H,20,23)/t15-;2*13-/m010/s1. The number of hydrogen-bond donors (Lipinski definition) is 3. The van der Waals surface area contributed by atoms with Crippen LogP contribution in [0.25, 0.3) is 0 Å². The molecule has 3 aromatic heterocycles. The Hall–Kier alpha value is -8.88. The Morgan fingerprint density at radius 2 is 0.779 bits per heavy atom. The van der Waals surface area contributed by atoms with Crippen LogP contribution in [0.4, 0.5) is 15.0 Å². The van der Waals surface area contributed by atoms with E-state index in [0.29, 0.717) is 57.8 Å². The van der Waals surface area contributed by atoms with Crippen LogP contribution in [-0.4, -0.2) is 193 Å². The van der Waals surface area contributed by atoms with E-state index in [1.54, 1.807) is 61.5 Å². The summed E-state index contributed by atoms with van der Waals surface area (Å²) in [4.78, 5) is 117. The average Bonchev–Trinajstić information content (AvgIpc) is 1.61. The fourth-order valence-corrected chi connectivity index (χ4v) is 16.3. The van der Waals surface area contributed by atoms with Crippen molar-refractivity contribution in [3.63, 3.8) is 0 Å². The Balaban J connectivity index is 0.000000168. The van der Waals surface area contributed by atoms with Gasteiger partial charge in [0.15, 0.2) is 34.5 Å². The van der Waals surface area contributed by atoms with Gasteiger partial charge in [0.2, 0.25) is 61.4 Å². The summed E-state index contributed by atoms with van der Waals surface area (Å²) in [5, 5.41) is 12.9. The van der Waals surface area contributed by atoms with E-state index in [0.717, 1.165) is 61.6 Å². The van der Waals surface area contributed by atoms with Gasteiger partial charge in [-0.05, 0) is 60.0 Å². The molecule has 6 aromatic rings. The lowest BCUT2D eigenvalue weighted by Crippen LogP contribution is -2.40. The number of imide groups is 3. The Labute approximate surface area is 557 Å². The second-order valence-electron chi connectivity index (χ2n) is 21.8. The third-order valence-electron chi connectivity index (χ3n) is 15.0. The van der Waals surface area contributed by atoms with Crippen LogP contribution in [0.5, 0.6) is 34.5 Å². The summed E-state index contributed by atoms with van der Waals surface area (Å²) in [6, 6.07) is 11.0. The van der Waals surface area contributed by atoms with E-state index in [9.17, 15) is 68.4 Å². The number of rotatable bonds is 21. The van der Waals surface area contributed by atoms with Gasteiger partial charge in [-0.25, -0.2) is 38.2 Å². The highest BCUT2D eigenvalue weighted by molar-refractivity contribution is 7.89. The molecule has 5 aliphatic rings. The van der Waals surface area contributed by atoms with E-state index >= 15 is 0 Å². The molecule has 0 fully saturated rings. The third-order valence-corrected chi connectivity index (χ3v) is 23.3. The first kappa shape index (κ1) is 70.4. The number of amides is 9. The largest absolute Gasteiger partial charge is 0.493 e. The number of nitrogens with zero attached hydrogens (tertiary/aromatic N) is 6. The van der Waals surface area contributed by atoms with Crippen LogP contribution >= 0.6 is 34.0 Å². The third kappa shape index (κ3) is 14.3. The van der Waals surface area contributed by atoms with Crippen molar-refractivity contribution in [2.24, 2.45) is 0 Å². The molecule has 9 amide bonds. The van der Waals surface area contributed by atoms with Gasteiger partial charge in [-0.1, -0.05) is 18.2 Å². The molecule has 11 rings (SSSR count). The van der Waals surface area contributed by atoms with Crippen molar-refractivity contribution in [1.82, 2.24) is 27.6 Å². The molecule has 8 heterocycles. The van der Waals surface area contributed by atoms with Crippen LogP contribution < -0.4 is 44.4 Å². The van der Waals surface area contributed by atoms with Gasteiger partial charge in [0, 0.05) is 79.2 Å². The summed E-state index contributed by atoms with van der Waals surface area (Å²) < 4.78 is 112. The highest BCUT2D eigenvalue weighted by Gasteiger charge is 2.49. The molecule has 0 bridgehead atoms. The summed E-state index contributed by atoms with van der Waals surface area (Å²) >= 11 is 3.20. The number of nitrogens with one attached hydrogen (secondary N) is 3. The van der Waals surface area contributed by atoms with Gasteiger partial charge in [-0.15, -0.1) is 34.0 Å². The van der Waals surface area contributed by atoms with Crippen molar-refractivity contribution in [1.29, 1.82) is 0 Å². The molecule has 36 heteroatoms. The maximum absolute atomic E-state index is 13.4. The zero-order valence-corrected chi connectivity index (χ0v) is 57.5. The van der Waals surface area contributed by atoms with Gasteiger partial charge in [-0.2, -0.15) is 0 Å². The summed E-state index contributed by atoms with van der Waals surface area (Å²) in [6.07, 6.45) is 0. The zero-order valence-electron chi connectivity index (χ0n) is 52.6. The SMILES string of the molecule is CC(=O)Nc1scc2c1C(=O)N([C@@H](CS(=O)(=O)N(C)C)c1ccc3c(c1)OCO3)C2=O.CC(=O)Nc1scc2c1C(=O)N([C@H](CS(=O)(=O)N(C)C)c1ccc3c(c1)OCO3)C2=O.CCOc1cc([C@H](CS(=O)(=O)N(C)C)N2C(=O)c3csc(NC(C)=O)c3C2=O)ccc1OC. The lowest BCUT2D eigenvalue weighted by Gasteiger charge is -2.28. The predicted octanol–water partition coefficient (Wildman–Crippen LogP) is 5.67. The summed E-state index contributed by atoms with van der Waals surface area (Å²) in [6.45, 7) is 6.06. The second kappa shape index (κ2) is 27.8. The van der Waals surface area contributed by atoms with E-state index in [2.05, 4.69) is 16.0 Å². The Kier molecular flexibility index (Phi) is 20.6. The monoisotopic (exact) mass is 1430 g/mol. The lowest BCUT2D eigenvalue weighted by molar-refractivity contribution is -0.115. The van der Waals surface area contributed by atoms with Crippen molar-refractivity contribution in [2.45, 2.75) is 45.8 Å². The number of thiophene rings is 3. The molecule has 0 aliphatic carbocycles. The Morgan fingerprint density at radius 1 is 0.474 bits per heavy atom. The van der Waals surface area contributed by atoms with Crippen LogP contribution in [0.3, 0.4) is 0 Å². The molecule has 0 saturated heterocycles. The molecule has 0 unspecified atom stereocenters. The Morgan fingerprint density at radius 3 is 1.07 bits per heavy atom. The van der Waals surface area contributed by atoms with Crippen molar-refractivity contribution >= 4 is 132 Å². The number of hydrogen-bond acceptors (Lipinski definition) is 24. The van der Waals surface area contributed by atoms with Gasteiger partial charge >= 0.3 is 0 Å². The van der Waals surface area contributed by atoms with Crippen molar-refractivity contribution < 1.29 is 96.8 Å². The number of carbonyl (C=O) groups excluding carboxylic acids is 9. The number of carbonyl (C=O) groups is 9. The van der Waals surface area contributed by atoms with Crippen LogP contribution in [0, 0.1) is 0 Å². The molecular formula is C59H63N9O21S6. The minimum absolute atomic E-state index is 0.0259. The quantitative estimate of drug-likeness (QED) is 0.0730. The van der Waals surface area contributed by atoms with Gasteiger partial charge in [-0.3, -0.25) is 57.9 Å².